The van der Waals surface area contributed by atoms with E-state index in [9.17, 15) is 9.59 Å². The number of ketones is 1. The van der Waals surface area contributed by atoms with Crippen molar-refractivity contribution in [2.24, 2.45) is 0 Å². The predicted octanol–water partition coefficient (Wildman–Crippen LogP) is 7.31. The topological polar surface area (TPSA) is 49.4 Å². The number of hydrogen-bond acceptors (Lipinski definition) is 2. The van der Waals surface area contributed by atoms with Crippen LogP contribution in [0.4, 0.5) is 4.79 Å². The molecule has 2 aromatic rings. The second-order valence-electron chi connectivity index (χ2n) is 9.20. The molecule has 1 fully saturated rings. The fourth-order valence-electron chi connectivity index (χ4n) is 5.65. The van der Waals surface area contributed by atoms with E-state index in [0.717, 1.165) is 37.9 Å². The molecule has 0 aromatic heterocycles. The van der Waals surface area contributed by atoms with Crippen molar-refractivity contribution in [3.63, 3.8) is 0 Å². The minimum Gasteiger partial charge on any atom is -0.334 e. The Kier molecular flexibility index (Phi) is 10.3. The highest BCUT2D eigenvalue weighted by atomic mass is 16.2. The lowest BCUT2D eigenvalue weighted by Gasteiger charge is -2.41. The number of fused-ring (bicyclic) bond motifs is 2. The van der Waals surface area contributed by atoms with Crippen LogP contribution in [0, 0.1) is 13.8 Å². The highest BCUT2D eigenvalue weighted by molar-refractivity contribution is 5.77. The first kappa shape index (κ1) is 27.6. The zero-order valence-electron chi connectivity index (χ0n) is 22.3. The molecule has 1 saturated heterocycles. The molecule has 4 rings (SSSR count). The number of carbonyl (C=O) groups excluding carboxylic acids is 2. The van der Waals surface area contributed by atoms with E-state index in [2.05, 4.69) is 49.5 Å². The highest BCUT2D eigenvalue weighted by Gasteiger charge is 2.46. The van der Waals surface area contributed by atoms with Crippen molar-refractivity contribution in [2.75, 3.05) is 13.1 Å². The SMILES string of the molecule is CC.CC.CC(=O)CC1CC2(CCN(C(=O)NCc3ccccc3C)CC2)c2c(C)cccc21.[HH]. The van der Waals surface area contributed by atoms with E-state index in [4.69, 9.17) is 0 Å². The zero-order valence-corrected chi connectivity index (χ0v) is 22.3. The molecule has 1 aliphatic heterocycles. The Morgan fingerprint density at radius 3 is 2.21 bits per heavy atom. The largest absolute Gasteiger partial charge is 0.334 e. The van der Waals surface area contributed by atoms with E-state index in [1.165, 1.54) is 22.3 Å². The second-order valence-corrected chi connectivity index (χ2v) is 9.20. The number of Topliss-reactive ketones (excluding diaryl/α,β-unsaturated/α-hetero) is 1. The van der Waals surface area contributed by atoms with Crippen molar-refractivity contribution in [1.29, 1.82) is 0 Å². The number of hydrogen-bond donors (Lipinski definition) is 1. The normalized spacial score (nSPS) is 17.6. The first-order valence-corrected chi connectivity index (χ1v) is 13.1. The van der Waals surface area contributed by atoms with Gasteiger partial charge >= 0.3 is 6.03 Å². The molecular formula is C30H46N2O2. The molecule has 0 bridgehead atoms. The van der Waals surface area contributed by atoms with Crippen LogP contribution in [0.25, 0.3) is 0 Å². The molecule has 188 valence electrons. The van der Waals surface area contributed by atoms with Crippen molar-refractivity contribution in [3.8, 4) is 0 Å². The minimum absolute atomic E-state index is 0. The Hall–Kier alpha value is -2.62. The average molecular weight is 467 g/mol. The standard InChI is InChI=1S/C26H32N2O2.2C2H6.H2/c1-18-7-4-5-9-21(18)17-27-25(30)28-13-11-26(12-14-28)16-22(15-20(3)29)23-10-6-8-19(2)24(23)26;2*1-2;/h4-10,22H,11-17H2,1-3H3,(H,27,30);2*1-2H3;1H. The number of rotatable bonds is 4. The van der Waals surface area contributed by atoms with Crippen LogP contribution in [0.2, 0.25) is 0 Å². The van der Waals surface area contributed by atoms with Crippen molar-refractivity contribution < 1.29 is 11.0 Å². The fraction of sp³-hybridized carbons (Fsp3) is 0.533. The quantitative estimate of drug-likeness (QED) is 0.513. The molecule has 1 spiro atoms. The van der Waals surface area contributed by atoms with E-state index >= 15 is 0 Å². The summed E-state index contributed by atoms with van der Waals surface area (Å²) in [7, 11) is 0. The third-order valence-corrected chi connectivity index (χ3v) is 7.15. The zero-order chi connectivity index (χ0) is 25.3. The van der Waals surface area contributed by atoms with Crippen LogP contribution in [0.1, 0.15) is 95.5 Å². The first-order valence-electron chi connectivity index (χ1n) is 13.1. The summed E-state index contributed by atoms with van der Waals surface area (Å²) in [5, 5.41) is 3.10. The minimum atomic E-state index is 0. The van der Waals surface area contributed by atoms with E-state index in [-0.39, 0.29) is 18.7 Å². The van der Waals surface area contributed by atoms with Gasteiger partial charge in [0.25, 0.3) is 0 Å². The van der Waals surface area contributed by atoms with Gasteiger partial charge in [0.15, 0.2) is 0 Å². The van der Waals surface area contributed by atoms with Gasteiger partial charge in [-0.15, -0.1) is 0 Å². The highest BCUT2D eigenvalue weighted by Crippen LogP contribution is 2.53. The molecule has 4 heteroatoms. The van der Waals surface area contributed by atoms with Gasteiger partial charge in [0.05, 0.1) is 0 Å². The Morgan fingerprint density at radius 2 is 1.59 bits per heavy atom. The molecule has 0 radical (unpaired) electrons. The maximum atomic E-state index is 12.8. The monoisotopic (exact) mass is 466 g/mol. The third-order valence-electron chi connectivity index (χ3n) is 7.15. The van der Waals surface area contributed by atoms with Crippen LogP contribution in [0.5, 0.6) is 0 Å². The number of likely N-dealkylation sites (tertiary alicyclic amines) is 1. The van der Waals surface area contributed by atoms with Gasteiger partial charge < -0.3 is 15.0 Å². The molecule has 1 unspecified atom stereocenters. The Bertz CT molecular complexity index is 965. The molecule has 0 saturated carbocycles. The maximum absolute atomic E-state index is 12.8. The summed E-state index contributed by atoms with van der Waals surface area (Å²) in [4.78, 5) is 26.6. The van der Waals surface area contributed by atoms with E-state index in [0.29, 0.717) is 18.9 Å². The lowest BCUT2D eigenvalue weighted by molar-refractivity contribution is -0.117. The van der Waals surface area contributed by atoms with Gasteiger partial charge in [0, 0.05) is 27.5 Å². The molecule has 2 aliphatic rings. The Balaban J connectivity index is 0.00000117. The molecule has 1 N–H and O–H groups in total. The molecule has 1 heterocycles. The van der Waals surface area contributed by atoms with Gasteiger partial charge in [0.2, 0.25) is 0 Å². The molecule has 1 atom stereocenters. The number of piperidine rings is 1. The van der Waals surface area contributed by atoms with Gasteiger partial charge in [-0.25, -0.2) is 4.79 Å². The first-order chi connectivity index (χ1) is 16.4. The van der Waals surface area contributed by atoms with Gasteiger partial charge in [-0.3, -0.25) is 0 Å². The molecule has 34 heavy (non-hydrogen) atoms. The summed E-state index contributed by atoms with van der Waals surface area (Å²) in [6.45, 7) is 16.1. The van der Waals surface area contributed by atoms with E-state index in [1.54, 1.807) is 6.92 Å². The van der Waals surface area contributed by atoms with E-state index in [1.807, 2.05) is 44.7 Å². The number of nitrogens with zero attached hydrogens (tertiary/aromatic N) is 1. The number of aryl methyl sites for hydroxylation is 2. The van der Waals surface area contributed by atoms with Gasteiger partial charge in [0.1, 0.15) is 5.78 Å². The summed E-state index contributed by atoms with van der Waals surface area (Å²) in [6.07, 6.45) is 3.60. The molecule has 4 nitrogen and oxygen atoms in total. The van der Waals surface area contributed by atoms with Crippen molar-refractivity contribution in [2.45, 2.75) is 92.0 Å². The molecule has 2 amide bonds. The molecule has 1 aliphatic carbocycles. The lowest BCUT2D eigenvalue weighted by Crippen LogP contribution is -2.48. The Labute approximate surface area is 208 Å². The van der Waals surface area contributed by atoms with Crippen LogP contribution in [0.3, 0.4) is 0 Å². The van der Waals surface area contributed by atoms with Crippen LogP contribution in [-0.2, 0) is 16.8 Å². The lowest BCUT2D eigenvalue weighted by atomic mass is 9.72. The number of nitrogens with one attached hydrogen (secondary N) is 1. The van der Waals surface area contributed by atoms with E-state index < -0.39 is 0 Å². The van der Waals surface area contributed by atoms with Crippen LogP contribution < -0.4 is 5.32 Å². The average Bonchev–Trinajstić information content (AvgIpc) is 3.14. The second kappa shape index (κ2) is 12.7. The number of carbonyl (C=O) groups is 2. The van der Waals surface area contributed by atoms with Crippen molar-refractivity contribution >= 4 is 11.8 Å². The summed E-state index contributed by atoms with van der Waals surface area (Å²) in [5.41, 5.74) is 6.61. The fourth-order valence-corrected chi connectivity index (χ4v) is 5.65. The smallest absolute Gasteiger partial charge is 0.317 e. The van der Waals surface area contributed by atoms with Gasteiger partial charge in [-0.1, -0.05) is 70.2 Å². The number of urea groups is 1. The van der Waals surface area contributed by atoms with Gasteiger partial charge in [-0.05, 0) is 79.2 Å². The van der Waals surface area contributed by atoms with Gasteiger partial charge in [-0.2, -0.15) is 0 Å². The van der Waals surface area contributed by atoms with Crippen molar-refractivity contribution in [3.05, 3.63) is 70.3 Å². The molecule has 2 aromatic carbocycles. The maximum Gasteiger partial charge on any atom is 0.317 e. The predicted molar refractivity (Wildman–Crippen MR) is 145 cm³/mol. The van der Waals surface area contributed by atoms with Crippen molar-refractivity contribution in [1.82, 2.24) is 10.2 Å². The Morgan fingerprint density at radius 1 is 0.971 bits per heavy atom. The number of amides is 2. The summed E-state index contributed by atoms with van der Waals surface area (Å²) in [6, 6.07) is 14.7. The van der Waals surface area contributed by atoms with Crippen LogP contribution in [-0.4, -0.2) is 29.8 Å². The summed E-state index contributed by atoms with van der Waals surface area (Å²) < 4.78 is 0. The summed E-state index contributed by atoms with van der Waals surface area (Å²) in [5.74, 6) is 0.580. The van der Waals surface area contributed by atoms with Crippen LogP contribution >= 0.6 is 0 Å². The number of benzene rings is 2. The molecular weight excluding hydrogens is 420 g/mol. The van der Waals surface area contributed by atoms with Crippen LogP contribution in [0.15, 0.2) is 42.5 Å². The third kappa shape index (κ3) is 6.08. The summed E-state index contributed by atoms with van der Waals surface area (Å²) >= 11 is 0.